The second-order valence-electron chi connectivity index (χ2n) is 9.39. The summed E-state index contributed by atoms with van der Waals surface area (Å²) >= 11 is 0. The Hall–Kier alpha value is -5.36. The molecule has 5 aromatic carbocycles. The smallest absolute Gasteiger partial charge is 0.330 e. The number of fused-ring (bicyclic) bond motifs is 2. The first-order valence-electron chi connectivity index (χ1n) is 13.7. The Labute approximate surface area is 244 Å². The SMILES string of the molecule is O=C(/C=C/c1ccccc1)OCCOc1ccc2cc3cc(OCCOC(=O)/C=C/c4ccccc4)ccc3cc2c1. The number of benzene rings is 5. The number of hydrogen-bond donors (Lipinski definition) is 0. The molecule has 42 heavy (non-hydrogen) atoms. The van der Waals surface area contributed by atoms with Crippen LogP contribution in [0.2, 0.25) is 0 Å². The molecule has 0 saturated heterocycles. The van der Waals surface area contributed by atoms with Crippen molar-refractivity contribution in [3.63, 3.8) is 0 Å². The molecule has 0 aliphatic rings. The third-order valence-electron chi connectivity index (χ3n) is 6.35. The average Bonchev–Trinajstić information content (AvgIpc) is 3.03. The van der Waals surface area contributed by atoms with E-state index in [1.807, 2.05) is 97.1 Å². The van der Waals surface area contributed by atoms with E-state index in [1.54, 1.807) is 12.2 Å². The Morgan fingerprint density at radius 2 is 0.905 bits per heavy atom. The van der Waals surface area contributed by atoms with E-state index >= 15 is 0 Å². The van der Waals surface area contributed by atoms with Crippen molar-refractivity contribution in [1.29, 1.82) is 0 Å². The summed E-state index contributed by atoms with van der Waals surface area (Å²) < 4.78 is 22.1. The molecule has 6 heteroatoms. The summed E-state index contributed by atoms with van der Waals surface area (Å²) in [5.41, 5.74) is 1.87. The van der Waals surface area contributed by atoms with Gasteiger partial charge in [-0.1, -0.05) is 72.8 Å². The molecule has 0 fully saturated rings. The zero-order valence-corrected chi connectivity index (χ0v) is 23.0. The highest BCUT2D eigenvalue weighted by molar-refractivity contribution is 5.99. The minimum absolute atomic E-state index is 0.153. The van der Waals surface area contributed by atoms with Crippen LogP contribution in [0, 0.1) is 0 Å². The second-order valence-corrected chi connectivity index (χ2v) is 9.39. The minimum Gasteiger partial charge on any atom is -0.490 e. The molecule has 0 atom stereocenters. The third kappa shape index (κ3) is 8.32. The molecule has 0 saturated carbocycles. The van der Waals surface area contributed by atoms with Gasteiger partial charge in [0.15, 0.2) is 0 Å². The lowest BCUT2D eigenvalue weighted by molar-refractivity contribution is -0.139. The molecule has 6 nitrogen and oxygen atoms in total. The summed E-state index contributed by atoms with van der Waals surface area (Å²) in [7, 11) is 0. The standard InChI is InChI=1S/C36H30O6/c37-35(17-11-27-7-3-1-4-8-27)41-21-19-39-33-15-13-29-24-32-26-34(16-14-30(32)23-31(29)25-33)40-20-22-42-36(38)18-12-28-9-5-2-6-10-28/h1-18,23-26H,19-22H2/b17-11+,18-12+. The first kappa shape index (κ1) is 28.2. The summed E-state index contributed by atoms with van der Waals surface area (Å²) in [4.78, 5) is 23.8. The van der Waals surface area contributed by atoms with Crippen LogP contribution in [0.1, 0.15) is 11.1 Å². The zero-order valence-electron chi connectivity index (χ0n) is 23.0. The van der Waals surface area contributed by atoms with Crippen molar-refractivity contribution in [2.24, 2.45) is 0 Å². The normalized spacial score (nSPS) is 11.2. The Kier molecular flexibility index (Phi) is 9.61. The third-order valence-corrected chi connectivity index (χ3v) is 6.35. The van der Waals surface area contributed by atoms with E-state index in [0.717, 1.165) is 32.7 Å². The van der Waals surface area contributed by atoms with Crippen LogP contribution in [0.3, 0.4) is 0 Å². The lowest BCUT2D eigenvalue weighted by Gasteiger charge is -2.10. The van der Waals surface area contributed by atoms with Gasteiger partial charge in [0.05, 0.1) is 0 Å². The fourth-order valence-electron chi connectivity index (χ4n) is 4.29. The van der Waals surface area contributed by atoms with Gasteiger partial charge in [-0.15, -0.1) is 0 Å². The molecule has 0 unspecified atom stereocenters. The lowest BCUT2D eigenvalue weighted by Crippen LogP contribution is -2.10. The van der Waals surface area contributed by atoms with Gasteiger partial charge in [-0.25, -0.2) is 9.59 Å². The summed E-state index contributed by atoms with van der Waals surface area (Å²) in [6.07, 6.45) is 6.26. The van der Waals surface area contributed by atoms with Gasteiger partial charge >= 0.3 is 11.9 Å². The van der Waals surface area contributed by atoms with Gasteiger partial charge in [-0.05, 0) is 81.2 Å². The molecular formula is C36H30O6. The van der Waals surface area contributed by atoms with Gasteiger partial charge in [-0.2, -0.15) is 0 Å². The van der Waals surface area contributed by atoms with Crippen LogP contribution < -0.4 is 9.47 Å². The fourth-order valence-corrected chi connectivity index (χ4v) is 4.29. The molecule has 0 aliphatic carbocycles. The van der Waals surface area contributed by atoms with E-state index in [-0.39, 0.29) is 26.4 Å². The zero-order chi connectivity index (χ0) is 29.0. The van der Waals surface area contributed by atoms with E-state index in [2.05, 4.69) is 12.1 Å². The molecule has 5 aromatic rings. The molecule has 0 aliphatic heterocycles. The maximum absolute atomic E-state index is 11.9. The summed E-state index contributed by atoms with van der Waals surface area (Å²) in [5.74, 6) is 0.581. The van der Waals surface area contributed by atoms with Crippen LogP contribution in [0.15, 0.2) is 121 Å². The van der Waals surface area contributed by atoms with Crippen molar-refractivity contribution in [2.75, 3.05) is 26.4 Å². The van der Waals surface area contributed by atoms with Gasteiger partial charge in [0.1, 0.15) is 37.9 Å². The molecule has 0 amide bonds. The molecule has 210 valence electrons. The van der Waals surface area contributed by atoms with E-state index in [1.165, 1.54) is 12.2 Å². The number of ether oxygens (including phenoxy) is 4. The van der Waals surface area contributed by atoms with Crippen LogP contribution in [0.25, 0.3) is 33.7 Å². The van der Waals surface area contributed by atoms with E-state index in [0.29, 0.717) is 11.5 Å². The van der Waals surface area contributed by atoms with Crippen molar-refractivity contribution in [2.45, 2.75) is 0 Å². The maximum atomic E-state index is 11.9. The minimum atomic E-state index is -0.409. The number of rotatable bonds is 12. The monoisotopic (exact) mass is 558 g/mol. The molecule has 0 aromatic heterocycles. The van der Waals surface area contributed by atoms with Crippen LogP contribution in [0.4, 0.5) is 0 Å². The van der Waals surface area contributed by atoms with Crippen molar-refractivity contribution in [3.05, 3.63) is 132 Å². The van der Waals surface area contributed by atoms with E-state index < -0.39 is 11.9 Å². The molecular weight excluding hydrogens is 528 g/mol. The lowest BCUT2D eigenvalue weighted by atomic mass is 10.0. The summed E-state index contributed by atoms with van der Waals surface area (Å²) in [6, 6.07) is 35.0. The maximum Gasteiger partial charge on any atom is 0.330 e. The van der Waals surface area contributed by atoms with Crippen LogP contribution >= 0.6 is 0 Å². The topological polar surface area (TPSA) is 71.1 Å². The van der Waals surface area contributed by atoms with Gasteiger partial charge < -0.3 is 18.9 Å². The Bertz CT molecular complexity index is 1580. The molecule has 0 heterocycles. The van der Waals surface area contributed by atoms with Gasteiger partial charge in [-0.3, -0.25) is 0 Å². The summed E-state index contributed by atoms with van der Waals surface area (Å²) in [6.45, 7) is 0.812. The molecule has 5 rings (SSSR count). The number of carbonyl (C=O) groups excluding carboxylic acids is 2. The van der Waals surface area contributed by atoms with Crippen LogP contribution in [-0.2, 0) is 19.1 Å². The van der Waals surface area contributed by atoms with Gasteiger partial charge in [0.2, 0.25) is 0 Å². The average molecular weight is 559 g/mol. The first-order chi connectivity index (χ1) is 20.6. The molecule has 0 spiro atoms. The largest absolute Gasteiger partial charge is 0.490 e. The highest BCUT2D eigenvalue weighted by Crippen LogP contribution is 2.28. The quantitative estimate of drug-likeness (QED) is 0.0695. The Balaban J connectivity index is 1.08. The number of carbonyl (C=O) groups is 2. The van der Waals surface area contributed by atoms with Crippen molar-refractivity contribution in [1.82, 2.24) is 0 Å². The van der Waals surface area contributed by atoms with E-state index in [4.69, 9.17) is 18.9 Å². The fraction of sp³-hybridized carbons (Fsp3) is 0.111. The molecule has 0 bridgehead atoms. The van der Waals surface area contributed by atoms with Crippen molar-refractivity contribution in [3.8, 4) is 11.5 Å². The highest BCUT2D eigenvalue weighted by atomic mass is 16.6. The first-order valence-corrected chi connectivity index (χ1v) is 13.7. The van der Waals surface area contributed by atoms with Crippen LogP contribution in [0.5, 0.6) is 11.5 Å². The van der Waals surface area contributed by atoms with Crippen LogP contribution in [-0.4, -0.2) is 38.4 Å². The van der Waals surface area contributed by atoms with Crippen molar-refractivity contribution >= 4 is 45.6 Å². The Morgan fingerprint density at radius 1 is 0.476 bits per heavy atom. The van der Waals surface area contributed by atoms with Crippen molar-refractivity contribution < 1.29 is 28.5 Å². The second kappa shape index (κ2) is 14.3. The number of hydrogen-bond acceptors (Lipinski definition) is 6. The molecule has 0 radical (unpaired) electrons. The predicted molar refractivity (Wildman–Crippen MR) is 165 cm³/mol. The summed E-state index contributed by atoms with van der Waals surface area (Å²) in [5, 5.41) is 4.19. The Morgan fingerprint density at radius 3 is 1.33 bits per heavy atom. The highest BCUT2D eigenvalue weighted by Gasteiger charge is 2.05. The number of esters is 2. The predicted octanol–water partition coefficient (Wildman–Crippen LogP) is 7.26. The van der Waals surface area contributed by atoms with E-state index in [9.17, 15) is 9.59 Å². The molecule has 0 N–H and O–H groups in total. The van der Waals surface area contributed by atoms with Gasteiger partial charge in [0, 0.05) is 12.2 Å². The van der Waals surface area contributed by atoms with Gasteiger partial charge in [0.25, 0.3) is 0 Å².